The minimum absolute atomic E-state index is 0.252. The number of sulfonamides is 1. The molecule has 0 radical (unpaired) electrons. The van der Waals surface area contributed by atoms with Crippen molar-refractivity contribution in [3.63, 3.8) is 0 Å². The predicted molar refractivity (Wildman–Crippen MR) is 83.8 cm³/mol. The van der Waals surface area contributed by atoms with Gasteiger partial charge in [-0.1, -0.05) is 12.1 Å². The maximum Gasteiger partial charge on any atom is 0.241 e. The van der Waals surface area contributed by atoms with Crippen molar-refractivity contribution in [2.45, 2.75) is 24.3 Å². The van der Waals surface area contributed by atoms with Crippen LogP contribution in [0, 0.1) is 0 Å². The van der Waals surface area contributed by atoms with E-state index in [1.54, 1.807) is 55.7 Å². The van der Waals surface area contributed by atoms with E-state index >= 15 is 0 Å². The molecular formula is C15H17ClN2O2S. The van der Waals surface area contributed by atoms with Gasteiger partial charge in [0.2, 0.25) is 10.0 Å². The van der Waals surface area contributed by atoms with E-state index in [-0.39, 0.29) is 10.9 Å². The summed E-state index contributed by atoms with van der Waals surface area (Å²) in [6.07, 6.45) is 4.00. The number of benzene rings is 1. The molecule has 0 aliphatic carbocycles. The Kier molecular flexibility index (Phi) is 5.33. The highest BCUT2D eigenvalue weighted by atomic mass is 35.5. The zero-order chi connectivity index (χ0) is 15.3. The van der Waals surface area contributed by atoms with E-state index in [4.69, 9.17) is 11.6 Å². The Labute approximate surface area is 130 Å². The van der Waals surface area contributed by atoms with Crippen LogP contribution in [0.4, 0.5) is 0 Å². The third kappa shape index (κ3) is 4.27. The highest BCUT2D eigenvalue weighted by molar-refractivity contribution is 7.89. The van der Waals surface area contributed by atoms with Crippen LogP contribution in [0.5, 0.6) is 0 Å². The summed E-state index contributed by atoms with van der Waals surface area (Å²) in [5.41, 5.74) is 1.89. The maximum absolute atomic E-state index is 12.3. The molecular weight excluding hydrogens is 308 g/mol. The topological polar surface area (TPSA) is 59.1 Å². The number of hydrogen-bond donors (Lipinski definition) is 1. The van der Waals surface area contributed by atoms with Gasteiger partial charge in [0, 0.05) is 24.3 Å². The predicted octanol–water partition coefficient (Wildman–Crippen LogP) is 2.90. The first kappa shape index (κ1) is 15.9. The minimum atomic E-state index is -3.54. The number of hydrogen-bond acceptors (Lipinski definition) is 3. The molecule has 0 aliphatic heterocycles. The second-order valence-electron chi connectivity index (χ2n) is 4.71. The molecule has 6 heteroatoms. The normalized spacial score (nSPS) is 13.0. The molecule has 1 aromatic carbocycles. The van der Waals surface area contributed by atoms with Crippen molar-refractivity contribution in [3.05, 3.63) is 59.9 Å². The van der Waals surface area contributed by atoms with E-state index in [2.05, 4.69) is 9.71 Å². The van der Waals surface area contributed by atoms with Gasteiger partial charge in [-0.05, 0) is 48.7 Å². The summed E-state index contributed by atoms with van der Waals surface area (Å²) in [5, 5.41) is 0. The summed E-state index contributed by atoms with van der Waals surface area (Å²) >= 11 is 5.67. The van der Waals surface area contributed by atoms with Gasteiger partial charge in [0.15, 0.2) is 0 Å². The van der Waals surface area contributed by atoms with Crippen LogP contribution in [0.15, 0.2) is 53.7 Å². The first-order chi connectivity index (χ1) is 10.0. The molecule has 0 saturated carbocycles. The van der Waals surface area contributed by atoms with Crippen molar-refractivity contribution >= 4 is 21.6 Å². The van der Waals surface area contributed by atoms with Crippen LogP contribution in [0.2, 0.25) is 0 Å². The van der Waals surface area contributed by atoms with E-state index in [1.807, 2.05) is 0 Å². The van der Waals surface area contributed by atoms with E-state index < -0.39 is 10.0 Å². The largest absolute Gasteiger partial charge is 0.265 e. The number of aryl methyl sites for hydroxylation is 1. The van der Waals surface area contributed by atoms with Crippen molar-refractivity contribution in [2.24, 2.45) is 0 Å². The molecule has 2 aromatic rings. The van der Waals surface area contributed by atoms with Crippen LogP contribution >= 0.6 is 11.6 Å². The second kappa shape index (κ2) is 7.02. The summed E-state index contributed by atoms with van der Waals surface area (Å²) in [5.74, 6) is 0.517. The molecule has 0 unspecified atom stereocenters. The monoisotopic (exact) mass is 324 g/mol. The Morgan fingerprint density at radius 2 is 1.76 bits per heavy atom. The zero-order valence-electron chi connectivity index (χ0n) is 11.7. The van der Waals surface area contributed by atoms with Gasteiger partial charge in [-0.15, -0.1) is 11.6 Å². The summed E-state index contributed by atoms with van der Waals surface area (Å²) in [6.45, 7) is 1.80. The maximum atomic E-state index is 12.3. The fourth-order valence-electron chi connectivity index (χ4n) is 1.97. The number of pyridine rings is 1. The van der Waals surface area contributed by atoms with Gasteiger partial charge in [-0.3, -0.25) is 4.98 Å². The second-order valence-corrected chi connectivity index (χ2v) is 6.80. The van der Waals surface area contributed by atoms with Crippen molar-refractivity contribution in [3.8, 4) is 0 Å². The van der Waals surface area contributed by atoms with E-state index in [0.29, 0.717) is 5.88 Å². The molecule has 1 atom stereocenters. The minimum Gasteiger partial charge on any atom is -0.265 e. The van der Waals surface area contributed by atoms with Crippen molar-refractivity contribution in [2.75, 3.05) is 5.88 Å². The molecule has 0 fully saturated rings. The third-order valence-corrected chi connectivity index (χ3v) is 4.90. The van der Waals surface area contributed by atoms with Crippen molar-refractivity contribution in [1.29, 1.82) is 0 Å². The fourth-order valence-corrected chi connectivity index (χ4v) is 3.42. The lowest BCUT2D eigenvalue weighted by Gasteiger charge is -2.14. The SMILES string of the molecule is C[C@H](NS(=O)(=O)c1ccc(CCCl)cc1)c1ccncc1. The summed E-state index contributed by atoms with van der Waals surface area (Å²) in [4.78, 5) is 4.17. The molecule has 0 saturated heterocycles. The molecule has 1 N–H and O–H groups in total. The molecule has 2 rings (SSSR count). The van der Waals surface area contributed by atoms with Gasteiger partial charge in [0.25, 0.3) is 0 Å². The van der Waals surface area contributed by atoms with E-state index in [0.717, 1.165) is 17.5 Å². The van der Waals surface area contributed by atoms with E-state index in [9.17, 15) is 8.42 Å². The standard InChI is InChI=1S/C15H17ClN2O2S/c1-12(14-7-10-17-11-8-14)18-21(19,20)15-4-2-13(3-5-15)6-9-16/h2-5,7-8,10-12,18H,6,9H2,1H3/t12-/m0/s1. The molecule has 0 bridgehead atoms. The quantitative estimate of drug-likeness (QED) is 0.831. The number of nitrogens with one attached hydrogen (secondary N) is 1. The third-order valence-electron chi connectivity index (χ3n) is 3.15. The van der Waals surface area contributed by atoms with Crippen LogP contribution in [-0.4, -0.2) is 19.3 Å². The molecule has 21 heavy (non-hydrogen) atoms. The van der Waals surface area contributed by atoms with Crippen LogP contribution in [0.1, 0.15) is 24.1 Å². The number of alkyl halides is 1. The number of rotatable bonds is 6. The summed E-state index contributed by atoms with van der Waals surface area (Å²) in [6, 6.07) is 10.0. The van der Waals surface area contributed by atoms with Crippen LogP contribution < -0.4 is 4.72 Å². The molecule has 0 amide bonds. The van der Waals surface area contributed by atoms with Gasteiger partial charge >= 0.3 is 0 Å². The first-order valence-corrected chi connectivity index (χ1v) is 8.62. The first-order valence-electron chi connectivity index (χ1n) is 6.60. The van der Waals surface area contributed by atoms with Gasteiger partial charge < -0.3 is 0 Å². The van der Waals surface area contributed by atoms with Crippen molar-refractivity contribution in [1.82, 2.24) is 9.71 Å². The van der Waals surface area contributed by atoms with Gasteiger partial charge in [-0.25, -0.2) is 13.1 Å². The Balaban J connectivity index is 2.14. The summed E-state index contributed by atoms with van der Waals surface area (Å²) in [7, 11) is -3.54. The van der Waals surface area contributed by atoms with Crippen LogP contribution in [0.25, 0.3) is 0 Å². The van der Waals surface area contributed by atoms with Gasteiger partial charge in [-0.2, -0.15) is 0 Å². The average molecular weight is 325 g/mol. The van der Waals surface area contributed by atoms with Crippen LogP contribution in [-0.2, 0) is 16.4 Å². The Hall–Kier alpha value is -1.43. The Morgan fingerprint density at radius 1 is 1.14 bits per heavy atom. The Bertz CT molecular complexity index is 673. The number of aromatic nitrogens is 1. The average Bonchev–Trinajstić information content (AvgIpc) is 2.48. The van der Waals surface area contributed by atoms with Gasteiger partial charge in [0.1, 0.15) is 0 Å². The van der Waals surface area contributed by atoms with E-state index in [1.165, 1.54) is 0 Å². The zero-order valence-corrected chi connectivity index (χ0v) is 13.2. The lowest BCUT2D eigenvalue weighted by molar-refractivity contribution is 0.567. The molecule has 1 aromatic heterocycles. The molecule has 112 valence electrons. The molecule has 0 aliphatic rings. The lowest BCUT2D eigenvalue weighted by atomic mass is 10.1. The van der Waals surface area contributed by atoms with Crippen LogP contribution in [0.3, 0.4) is 0 Å². The molecule has 1 heterocycles. The smallest absolute Gasteiger partial charge is 0.241 e. The molecule has 4 nitrogen and oxygen atoms in total. The summed E-state index contributed by atoms with van der Waals surface area (Å²) < 4.78 is 27.3. The number of halogens is 1. The Morgan fingerprint density at radius 3 is 2.33 bits per heavy atom. The van der Waals surface area contributed by atoms with Crippen molar-refractivity contribution < 1.29 is 8.42 Å². The molecule has 0 spiro atoms. The number of nitrogens with zero attached hydrogens (tertiary/aromatic N) is 1. The lowest BCUT2D eigenvalue weighted by Crippen LogP contribution is -2.26. The highest BCUT2D eigenvalue weighted by Gasteiger charge is 2.18. The highest BCUT2D eigenvalue weighted by Crippen LogP contribution is 2.17. The van der Waals surface area contributed by atoms with Gasteiger partial charge in [0.05, 0.1) is 4.90 Å². The fraction of sp³-hybridized carbons (Fsp3) is 0.267.